The molecule has 0 saturated carbocycles. The topological polar surface area (TPSA) is 121 Å². The molecule has 0 bridgehead atoms. The number of benzene rings is 2. The van der Waals surface area contributed by atoms with Crippen molar-refractivity contribution in [1.82, 2.24) is 25.7 Å². The number of rotatable bonds is 16. The summed E-state index contributed by atoms with van der Waals surface area (Å²) in [5.74, 6) is -0.962. The summed E-state index contributed by atoms with van der Waals surface area (Å²) in [7, 11) is 0. The number of hydrogen-bond acceptors (Lipinski definition) is 7. The molecule has 0 aliphatic carbocycles. The van der Waals surface area contributed by atoms with Crippen LogP contribution in [-0.4, -0.2) is 63.8 Å². The number of halogens is 2. The summed E-state index contributed by atoms with van der Waals surface area (Å²) < 4.78 is 33.5. The van der Waals surface area contributed by atoms with Crippen LogP contribution in [0.15, 0.2) is 40.8 Å². The Morgan fingerprint density at radius 2 is 1.56 bits per heavy atom. The van der Waals surface area contributed by atoms with Gasteiger partial charge in [0.1, 0.15) is 11.6 Å². The Balaban J connectivity index is 1.78. The first-order valence-electron chi connectivity index (χ1n) is 14.9. The number of aromatic nitrogens is 2. The van der Waals surface area contributed by atoms with E-state index in [1.165, 1.54) is 6.07 Å². The summed E-state index contributed by atoms with van der Waals surface area (Å²) in [5, 5.41) is 25.0. The second-order valence-corrected chi connectivity index (χ2v) is 11.3. The summed E-state index contributed by atoms with van der Waals surface area (Å²) in [6, 6.07) is 7.11. The maximum Gasteiger partial charge on any atom is 0.253 e. The highest BCUT2D eigenvalue weighted by Gasteiger charge is 2.25. The Morgan fingerprint density at radius 3 is 2.19 bits per heavy atom. The fourth-order valence-electron chi connectivity index (χ4n) is 4.85. The summed E-state index contributed by atoms with van der Waals surface area (Å²) in [4.78, 5) is 28.5. The van der Waals surface area contributed by atoms with Crippen molar-refractivity contribution in [2.45, 2.75) is 79.0 Å². The quantitative estimate of drug-likeness (QED) is 0.220. The standard InChI is InChI=1S/C32H43F2N5O4/c1-6-8-39(9-7-2)32(42)24-12-21(5)11-23(16-24)31(41)36-27(15-22-13-25(33)17-26(34)14-22)28(40)18-35-19-30-38-37-29(43-30)10-20(3)4/h11-14,16-17,20,27-28,35,40H,6-10,15,18-19H2,1-5H3,(H,36,41)/t27-,28+/m0/s1. The van der Waals surface area contributed by atoms with Gasteiger partial charge in [-0.05, 0) is 73.6 Å². The molecule has 0 aliphatic rings. The first-order chi connectivity index (χ1) is 20.5. The van der Waals surface area contributed by atoms with Gasteiger partial charge in [-0.2, -0.15) is 0 Å². The Morgan fingerprint density at radius 1 is 0.930 bits per heavy atom. The van der Waals surface area contributed by atoms with E-state index in [0.717, 1.165) is 36.6 Å². The van der Waals surface area contributed by atoms with Crippen LogP contribution in [0.5, 0.6) is 0 Å². The lowest BCUT2D eigenvalue weighted by Gasteiger charge is -2.25. The van der Waals surface area contributed by atoms with Crippen molar-refractivity contribution >= 4 is 11.8 Å². The summed E-state index contributed by atoms with van der Waals surface area (Å²) in [5.41, 5.74) is 1.64. The van der Waals surface area contributed by atoms with Gasteiger partial charge < -0.3 is 25.1 Å². The van der Waals surface area contributed by atoms with Crippen molar-refractivity contribution in [1.29, 1.82) is 0 Å². The molecule has 2 aromatic carbocycles. The van der Waals surface area contributed by atoms with Crippen LogP contribution in [0.1, 0.15) is 84.2 Å². The normalized spacial score (nSPS) is 12.8. The predicted molar refractivity (Wildman–Crippen MR) is 160 cm³/mol. The molecule has 9 nitrogen and oxygen atoms in total. The van der Waals surface area contributed by atoms with Gasteiger partial charge in [-0.1, -0.05) is 27.7 Å². The molecule has 1 aromatic heterocycles. The van der Waals surface area contributed by atoms with Gasteiger partial charge in [-0.15, -0.1) is 10.2 Å². The Labute approximate surface area is 252 Å². The minimum absolute atomic E-state index is 0.0190. The van der Waals surface area contributed by atoms with E-state index in [4.69, 9.17) is 4.42 Å². The number of aliphatic hydroxyl groups is 1. The molecule has 3 aromatic rings. The first kappa shape index (κ1) is 33.8. The zero-order valence-electron chi connectivity index (χ0n) is 25.6. The SMILES string of the molecule is CCCN(CCC)C(=O)c1cc(C)cc(C(=O)N[C@@H](Cc2cc(F)cc(F)c2)[C@H](O)CNCc2nnc(CC(C)C)o2)c1. The lowest BCUT2D eigenvalue weighted by atomic mass is 9.99. The summed E-state index contributed by atoms with van der Waals surface area (Å²) >= 11 is 0. The molecule has 11 heteroatoms. The number of hydrogen-bond donors (Lipinski definition) is 3. The van der Waals surface area contributed by atoms with Gasteiger partial charge in [0.2, 0.25) is 11.8 Å². The molecule has 1 heterocycles. The highest BCUT2D eigenvalue weighted by molar-refractivity contribution is 6.00. The fourth-order valence-corrected chi connectivity index (χ4v) is 4.85. The second-order valence-electron chi connectivity index (χ2n) is 11.3. The van der Waals surface area contributed by atoms with E-state index < -0.39 is 29.7 Å². The number of aryl methyl sites for hydroxylation is 1. The number of aliphatic hydroxyl groups excluding tert-OH is 1. The molecule has 0 saturated heterocycles. The van der Waals surface area contributed by atoms with Gasteiger partial charge >= 0.3 is 0 Å². The summed E-state index contributed by atoms with van der Waals surface area (Å²) in [6.07, 6.45) is 1.08. The third-order valence-electron chi connectivity index (χ3n) is 6.74. The van der Waals surface area contributed by atoms with Crippen LogP contribution in [0, 0.1) is 24.5 Å². The lowest BCUT2D eigenvalue weighted by Crippen LogP contribution is -2.48. The summed E-state index contributed by atoms with van der Waals surface area (Å²) in [6.45, 7) is 11.3. The maximum absolute atomic E-state index is 14.0. The maximum atomic E-state index is 14.0. The molecule has 0 spiro atoms. The van der Waals surface area contributed by atoms with E-state index >= 15 is 0 Å². The van der Waals surface area contributed by atoms with Crippen LogP contribution in [0.3, 0.4) is 0 Å². The van der Waals surface area contributed by atoms with E-state index in [9.17, 15) is 23.5 Å². The van der Waals surface area contributed by atoms with E-state index in [0.29, 0.717) is 42.8 Å². The van der Waals surface area contributed by atoms with Crippen molar-refractivity contribution in [3.05, 3.63) is 82.1 Å². The van der Waals surface area contributed by atoms with Crippen LogP contribution in [0.25, 0.3) is 0 Å². The van der Waals surface area contributed by atoms with Crippen LogP contribution >= 0.6 is 0 Å². The molecule has 43 heavy (non-hydrogen) atoms. The van der Waals surface area contributed by atoms with Crippen molar-refractivity contribution in [3.8, 4) is 0 Å². The molecular weight excluding hydrogens is 556 g/mol. The van der Waals surface area contributed by atoms with Crippen molar-refractivity contribution in [3.63, 3.8) is 0 Å². The monoisotopic (exact) mass is 599 g/mol. The number of nitrogens with zero attached hydrogens (tertiary/aromatic N) is 3. The number of carbonyl (C=O) groups is 2. The molecule has 0 fully saturated rings. The lowest BCUT2D eigenvalue weighted by molar-refractivity contribution is 0.0755. The van der Waals surface area contributed by atoms with Gasteiger partial charge in [-0.3, -0.25) is 9.59 Å². The zero-order valence-corrected chi connectivity index (χ0v) is 25.6. The van der Waals surface area contributed by atoms with Crippen LogP contribution < -0.4 is 10.6 Å². The highest BCUT2D eigenvalue weighted by Crippen LogP contribution is 2.16. The van der Waals surface area contributed by atoms with E-state index in [-0.39, 0.29) is 36.5 Å². The average Bonchev–Trinajstić information content (AvgIpc) is 3.37. The Bertz CT molecular complexity index is 1340. The predicted octanol–water partition coefficient (Wildman–Crippen LogP) is 4.61. The van der Waals surface area contributed by atoms with E-state index in [1.807, 2.05) is 27.7 Å². The van der Waals surface area contributed by atoms with Gasteiger partial charge in [0, 0.05) is 43.2 Å². The molecule has 3 rings (SSSR count). The van der Waals surface area contributed by atoms with Gasteiger partial charge in [0.05, 0.1) is 18.7 Å². The molecule has 2 atom stereocenters. The largest absolute Gasteiger partial charge is 0.424 e. The molecule has 0 unspecified atom stereocenters. The van der Waals surface area contributed by atoms with Crippen molar-refractivity contribution in [2.75, 3.05) is 19.6 Å². The second kappa shape index (κ2) is 16.2. The average molecular weight is 600 g/mol. The van der Waals surface area contributed by atoms with Crippen molar-refractivity contribution < 1.29 is 27.9 Å². The number of nitrogens with one attached hydrogen (secondary N) is 2. The Hall–Kier alpha value is -3.70. The van der Waals surface area contributed by atoms with Crippen LogP contribution in [0.2, 0.25) is 0 Å². The minimum atomic E-state index is -1.15. The molecule has 234 valence electrons. The molecule has 3 N–H and O–H groups in total. The molecule has 0 aliphatic heterocycles. The smallest absolute Gasteiger partial charge is 0.253 e. The minimum Gasteiger partial charge on any atom is -0.424 e. The van der Waals surface area contributed by atoms with Gasteiger partial charge in [0.15, 0.2) is 0 Å². The van der Waals surface area contributed by atoms with Crippen LogP contribution in [0.4, 0.5) is 8.78 Å². The zero-order chi connectivity index (χ0) is 31.5. The van der Waals surface area contributed by atoms with E-state index in [2.05, 4.69) is 20.8 Å². The molecular formula is C32H43F2N5O4. The fraction of sp³-hybridized carbons (Fsp3) is 0.500. The number of carbonyl (C=O) groups excluding carboxylic acids is 2. The van der Waals surface area contributed by atoms with Gasteiger partial charge in [0.25, 0.3) is 11.8 Å². The van der Waals surface area contributed by atoms with Crippen molar-refractivity contribution in [2.24, 2.45) is 5.92 Å². The third kappa shape index (κ3) is 10.5. The van der Waals surface area contributed by atoms with Gasteiger partial charge in [-0.25, -0.2) is 8.78 Å². The van der Waals surface area contributed by atoms with Crippen LogP contribution in [-0.2, 0) is 19.4 Å². The third-order valence-corrected chi connectivity index (χ3v) is 6.74. The molecule has 2 amide bonds. The number of amides is 2. The first-order valence-corrected chi connectivity index (χ1v) is 14.9. The highest BCUT2D eigenvalue weighted by atomic mass is 19.1. The van der Waals surface area contributed by atoms with E-state index in [1.54, 1.807) is 24.0 Å². The Kier molecular flexibility index (Phi) is 12.8. The molecule has 0 radical (unpaired) electrons.